The maximum absolute atomic E-state index is 10.4. The molecule has 2 rings (SSSR count). The van der Waals surface area contributed by atoms with E-state index >= 15 is 0 Å². The first kappa shape index (κ1) is 10.7. The molecule has 0 unspecified atom stereocenters. The number of aliphatic imine (C=N–C) groups is 1. The van der Waals surface area contributed by atoms with Gasteiger partial charge in [-0.2, -0.15) is 0 Å². The van der Waals surface area contributed by atoms with E-state index in [1.165, 1.54) is 12.8 Å². The predicted octanol–water partition coefficient (Wildman–Crippen LogP) is 0.620. The number of nitrogens with one attached hydrogen (secondary N) is 2. The molecule has 0 aromatic carbocycles. The van der Waals surface area contributed by atoms with Crippen molar-refractivity contribution in [2.75, 3.05) is 19.6 Å². The van der Waals surface area contributed by atoms with E-state index in [2.05, 4.69) is 15.6 Å². The lowest BCUT2D eigenvalue weighted by Gasteiger charge is -2.27. The van der Waals surface area contributed by atoms with E-state index < -0.39 is 5.60 Å². The fourth-order valence-corrected chi connectivity index (χ4v) is 2.33. The molecular weight excluding hydrogens is 190 g/mol. The van der Waals surface area contributed by atoms with Crippen LogP contribution in [0.3, 0.4) is 0 Å². The highest BCUT2D eigenvalue weighted by atomic mass is 16.3. The van der Waals surface area contributed by atoms with E-state index in [-0.39, 0.29) is 0 Å². The zero-order valence-electron chi connectivity index (χ0n) is 9.26. The van der Waals surface area contributed by atoms with E-state index in [1.54, 1.807) is 0 Å². The van der Waals surface area contributed by atoms with Crippen molar-refractivity contribution in [3.63, 3.8) is 0 Å². The van der Waals surface area contributed by atoms with Crippen molar-refractivity contribution in [3.05, 3.63) is 0 Å². The van der Waals surface area contributed by atoms with E-state index in [4.69, 9.17) is 0 Å². The molecule has 0 atom stereocenters. The van der Waals surface area contributed by atoms with Gasteiger partial charge in [0.2, 0.25) is 0 Å². The first-order valence-corrected chi connectivity index (χ1v) is 6.03. The molecule has 4 heteroatoms. The molecule has 0 amide bonds. The fraction of sp³-hybridized carbons (Fsp3) is 0.909. The van der Waals surface area contributed by atoms with Crippen molar-refractivity contribution in [3.8, 4) is 0 Å². The van der Waals surface area contributed by atoms with Gasteiger partial charge in [-0.25, -0.2) is 0 Å². The van der Waals surface area contributed by atoms with Crippen LogP contribution in [0, 0.1) is 0 Å². The van der Waals surface area contributed by atoms with Gasteiger partial charge in [0.15, 0.2) is 5.96 Å². The lowest BCUT2D eigenvalue weighted by Crippen LogP contribution is -2.45. The number of aliphatic hydroxyl groups is 1. The molecule has 0 spiro atoms. The van der Waals surface area contributed by atoms with Crippen molar-refractivity contribution < 1.29 is 5.11 Å². The van der Waals surface area contributed by atoms with Crippen LogP contribution in [0.4, 0.5) is 0 Å². The third-order valence-corrected chi connectivity index (χ3v) is 3.29. The fourth-order valence-electron chi connectivity index (χ4n) is 2.33. The van der Waals surface area contributed by atoms with Gasteiger partial charge in [0, 0.05) is 13.1 Å². The minimum atomic E-state index is -0.511. The summed E-state index contributed by atoms with van der Waals surface area (Å²) in [5.74, 6) is 0.854. The molecule has 4 nitrogen and oxygen atoms in total. The summed E-state index contributed by atoms with van der Waals surface area (Å²) in [6.45, 7) is 2.40. The van der Waals surface area contributed by atoms with Gasteiger partial charge in [-0.3, -0.25) is 4.99 Å². The number of guanidine groups is 1. The van der Waals surface area contributed by atoms with Crippen LogP contribution in [0.2, 0.25) is 0 Å². The summed E-state index contributed by atoms with van der Waals surface area (Å²) < 4.78 is 0. The van der Waals surface area contributed by atoms with E-state index in [9.17, 15) is 5.11 Å². The summed E-state index contributed by atoms with van der Waals surface area (Å²) in [4.78, 5) is 4.26. The molecule has 3 N–H and O–H groups in total. The topological polar surface area (TPSA) is 56.6 Å². The lowest BCUT2D eigenvalue weighted by atomic mass is 9.95. The minimum Gasteiger partial charge on any atom is -0.388 e. The Kier molecular flexibility index (Phi) is 3.46. The number of nitrogens with zero attached hydrogens (tertiary/aromatic N) is 1. The Morgan fingerprint density at radius 1 is 1.27 bits per heavy atom. The van der Waals surface area contributed by atoms with Gasteiger partial charge in [-0.15, -0.1) is 0 Å². The summed E-state index contributed by atoms with van der Waals surface area (Å²) in [5, 5.41) is 16.7. The molecule has 2 aliphatic rings. The third kappa shape index (κ3) is 3.09. The maximum atomic E-state index is 10.4. The lowest BCUT2D eigenvalue weighted by molar-refractivity contribution is 0.0294. The summed E-state index contributed by atoms with van der Waals surface area (Å²) >= 11 is 0. The summed E-state index contributed by atoms with van der Waals surface area (Å²) in [6, 6.07) is 0. The zero-order valence-corrected chi connectivity index (χ0v) is 9.26. The first-order chi connectivity index (χ1) is 7.29. The maximum Gasteiger partial charge on any atom is 0.191 e. The Balaban J connectivity index is 1.80. The summed E-state index contributed by atoms with van der Waals surface area (Å²) in [5.41, 5.74) is -0.511. The van der Waals surface area contributed by atoms with Crippen LogP contribution in [-0.2, 0) is 0 Å². The molecule has 1 aliphatic heterocycles. The van der Waals surface area contributed by atoms with Crippen molar-refractivity contribution in [2.45, 2.75) is 44.1 Å². The van der Waals surface area contributed by atoms with Crippen LogP contribution in [0.1, 0.15) is 38.5 Å². The molecule has 1 fully saturated rings. The van der Waals surface area contributed by atoms with Crippen LogP contribution in [0.25, 0.3) is 0 Å². The zero-order chi connectivity index (χ0) is 10.6. The van der Waals surface area contributed by atoms with Gasteiger partial charge in [-0.05, 0) is 12.8 Å². The van der Waals surface area contributed by atoms with E-state index in [0.29, 0.717) is 6.54 Å². The van der Waals surface area contributed by atoms with Crippen LogP contribution < -0.4 is 10.6 Å². The highest BCUT2D eigenvalue weighted by Gasteiger charge is 2.28. The molecule has 0 aromatic heterocycles. The normalized spacial score (nSPS) is 25.3. The molecule has 15 heavy (non-hydrogen) atoms. The Hall–Kier alpha value is -0.770. The number of hydrogen-bond donors (Lipinski definition) is 3. The SMILES string of the molecule is OC1(CNC2=NCCN2)CCCCCC1. The van der Waals surface area contributed by atoms with E-state index in [1.807, 2.05) is 0 Å². The Bertz CT molecular complexity index is 232. The van der Waals surface area contributed by atoms with Crippen molar-refractivity contribution in [1.29, 1.82) is 0 Å². The molecule has 0 radical (unpaired) electrons. The Labute approximate surface area is 91.2 Å². The highest BCUT2D eigenvalue weighted by Crippen LogP contribution is 2.26. The second kappa shape index (κ2) is 4.84. The summed E-state index contributed by atoms with van der Waals surface area (Å²) in [6.07, 6.45) is 6.68. The summed E-state index contributed by atoms with van der Waals surface area (Å²) in [7, 11) is 0. The van der Waals surface area contributed by atoms with Gasteiger partial charge in [0.05, 0.1) is 12.1 Å². The number of hydrogen-bond acceptors (Lipinski definition) is 4. The van der Waals surface area contributed by atoms with Gasteiger partial charge in [0.1, 0.15) is 0 Å². The van der Waals surface area contributed by atoms with E-state index in [0.717, 1.165) is 44.7 Å². The van der Waals surface area contributed by atoms with Gasteiger partial charge in [0.25, 0.3) is 0 Å². The molecule has 0 aromatic rings. The Morgan fingerprint density at radius 2 is 2.00 bits per heavy atom. The second-order valence-corrected chi connectivity index (χ2v) is 4.65. The van der Waals surface area contributed by atoms with Gasteiger partial charge in [-0.1, -0.05) is 25.7 Å². The predicted molar refractivity (Wildman–Crippen MR) is 61.0 cm³/mol. The smallest absolute Gasteiger partial charge is 0.191 e. The van der Waals surface area contributed by atoms with Crippen LogP contribution in [0.5, 0.6) is 0 Å². The average molecular weight is 211 g/mol. The Morgan fingerprint density at radius 3 is 2.60 bits per heavy atom. The van der Waals surface area contributed by atoms with Gasteiger partial charge >= 0.3 is 0 Å². The molecule has 0 saturated heterocycles. The second-order valence-electron chi connectivity index (χ2n) is 4.65. The minimum absolute atomic E-state index is 0.511. The largest absolute Gasteiger partial charge is 0.388 e. The van der Waals surface area contributed by atoms with Crippen molar-refractivity contribution >= 4 is 5.96 Å². The molecule has 86 valence electrons. The monoisotopic (exact) mass is 211 g/mol. The van der Waals surface area contributed by atoms with Gasteiger partial charge < -0.3 is 15.7 Å². The molecule has 1 heterocycles. The molecule has 1 aliphatic carbocycles. The first-order valence-electron chi connectivity index (χ1n) is 6.03. The van der Waals surface area contributed by atoms with Crippen LogP contribution in [0.15, 0.2) is 4.99 Å². The third-order valence-electron chi connectivity index (χ3n) is 3.29. The quantitative estimate of drug-likeness (QED) is 0.587. The van der Waals surface area contributed by atoms with Crippen molar-refractivity contribution in [2.24, 2.45) is 4.99 Å². The molecule has 1 saturated carbocycles. The standard InChI is InChI=1S/C11H21N3O/c15-11(5-3-1-2-4-6-11)9-14-10-12-7-8-13-10/h15H,1-9H2,(H2,12,13,14). The highest BCUT2D eigenvalue weighted by molar-refractivity contribution is 5.81. The average Bonchev–Trinajstić information content (AvgIpc) is 2.65. The molecule has 0 bridgehead atoms. The van der Waals surface area contributed by atoms with Crippen LogP contribution >= 0.6 is 0 Å². The number of rotatable bonds is 2. The van der Waals surface area contributed by atoms with Crippen molar-refractivity contribution in [1.82, 2.24) is 10.6 Å². The molecular formula is C11H21N3O. The van der Waals surface area contributed by atoms with Crippen LogP contribution in [-0.4, -0.2) is 36.3 Å².